The Labute approximate surface area is 210 Å². The fourth-order valence-corrected chi connectivity index (χ4v) is 6.27. The number of aromatic nitrogens is 4. The fraction of sp³-hybridized carbons (Fsp3) is 0.240. The molecule has 0 aliphatic heterocycles. The summed E-state index contributed by atoms with van der Waals surface area (Å²) in [5.41, 5.74) is 3.31. The number of nitrogens with zero attached hydrogens (tertiary/aromatic N) is 4. The molecule has 1 aromatic carbocycles. The molecule has 0 saturated carbocycles. The molecular weight excluding hydrogens is 482 g/mol. The van der Waals surface area contributed by atoms with E-state index in [-0.39, 0.29) is 12.3 Å². The van der Waals surface area contributed by atoms with Gasteiger partial charge >= 0.3 is 5.97 Å². The highest BCUT2D eigenvalue weighted by atomic mass is 32.2. The number of amides is 1. The maximum Gasteiger partial charge on any atom is 0.341 e. The van der Waals surface area contributed by atoms with Crippen LogP contribution in [0.1, 0.15) is 33.6 Å². The number of nitrogens with one attached hydrogen (secondary N) is 1. The lowest BCUT2D eigenvalue weighted by atomic mass is 10.1. The number of thioether (sulfide) groups is 1. The standard InChI is InChI=1S/C25H23N5O3S2/c1-33-24(32)21-18-10-5-11-19(18)35-23(21)27-20(31)12-14-34-25-29-28-22(16-7-6-13-26-15-16)30(25)17-8-3-2-4-9-17/h2-4,6-9,13,15H,5,10-12,14H2,1H3,(H,27,31). The number of ether oxygens (including phenoxy) is 1. The van der Waals surface area contributed by atoms with E-state index < -0.39 is 5.97 Å². The molecule has 0 fully saturated rings. The number of benzene rings is 1. The molecule has 8 nitrogen and oxygen atoms in total. The molecule has 0 bridgehead atoms. The molecule has 3 aromatic heterocycles. The lowest BCUT2D eigenvalue weighted by Gasteiger charge is -2.10. The zero-order valence-corrected chi connectivity index (χ0v) is 20.7. The number of aryl methyl sites for hydroxylation is 1. The minimum absolute atomic E-state index is 0.152. The van der Waals surface area contributed by atoms with Crippen LogP contribution in [0.15, 0.2) is 60.0 Å². The van der Waals surface area contributed by atoms with Gasteiger partial charge in [0.2, 0.25) is 5.91 Å². The molecule has 10 heteroatoms. The Balaban J connectivity index is 1.30. The Morgan fingerprint density at radius 2 is 2.00 bits per heavy atom. The van der Waals surface area contributed by atoms with Crippen molar-refractivity contribution in [2.24, 2.45) is 0 Å². The number of thiophene rings is 1. The number of para-hydroxylation sites is 1. The van der Waals surface area contributed by atoms with E-state index in [0.29, 0.717) is 27.3 Å². The molecule has 0 unspecified atom stereocenters. The van der Waals surface area contributed by atoms with E-state index in [1.165, 1.54) is 30.2 Å². The largest absolute Gasteiger partial charge is 0.465 e. The van der Waals surface area contributed by atoms with Crippen LogP contribution in [0.25, 0.3) is 17.1 Å². The monoisotopic (exact) mass is 505 g/mol. The zero-order valence-electron chi connectivity index (χ0n) is 19.1. The number of rotatable bonds is 8. The normalized spacial score (nSPS) is 12.4. The second kappa shape index (κ2) is 10.4. The molecule has 1 amide bonds. The summed E-state index contributed by atoms with van der Waals surface area (Å²) in [6, 6.07) is 13.7. The molecule has 0 radical (unpaired) electrons. The summed E-state index contributed by atoms with van der Waals surface area (Å²) < 4.78 is 6.94. The highest BCUT2D eigenvalue weighted by Gasteiger charge is 2.28. The summed E-state index contributed by atoms with van der Waals surface area (Å²) in [6.07, 6.45) is 6.54. The number of hydrogen-bond donors (Lipinski definition) is 1. The van der Waals surface area contributed by atoms with Gasteiger partial charge in [0.05, 0.1) is 12.7 Å². The van der Waals surface area contributed by atoms with Gasteiger partial charge in [-0.3, -0.25) is 14.3 Å². The van der Waals surface area contributed by atoms with E-state index in [0.717, 1.165) is 41.0 Å². The number of fused-ring (bicyclic) bond motifs is 1. The summed E-state index contributed by atoms with van der Waals surface area (Å²) in [5.74, 6) is 0.642. The number of hydrogen-bond acceptors (Lipinski definition) is 8. The van der Waals surface area contributed by atoms with Gasteiger partial charge in [0.25, 0.3) is 0 Å². The van der Waals surface area contributed by atoms with Crippen molar-refractivity contribution >= 4 is 40.0 Å². The smallest absolute Gasteiger partial charge is 0.341 e. The van der Waals surface area contributed by atoms with Crippen molar-refractivity contribution in [2.45, 2.75) is 30.8 Å². The third-order valence-electron chi connectivity index (χ3n) is 5.69. The number of carbonyl (C=O) groups excluding carboxylic acids is 2. The number of anilines is 1. The first kappa shape index (κ1) is 23.3. The second-order valence-corrected chi connectivity index (χ2v) is 10.1. The van der Waals surface area contributed by atoms with Crippen molar-refractivity contribution in [3.05, 3.63) is 70.9 Å². The highest BCUT2D eigenvalue weighted by molar-refractivity contribution is 7.99. The maximum atomic E-state index is 12.8. The minimum Gasteiger partial charge on any atom is -0.465 e. The van der Waals surface area contributed by atoms with Gasteiger partial charge in [-0.1, -0.05) is 30.0 Å². The van der Waals surface area contributed by atoms with Crippen molar-refractivity contribution in [1.29, 1.82) is 0 Å². The molecule has 35 heavy (non-hydrogen) atoms. The van der Waals surface area contributed by atoms with Crippen LogP contribution in [0, 0.1) is 0 Å². The van der Waals surface area contributed by atoms with Crippen LogP contribution in [0.5, 0.6) is 0 Å². The third-order valence-corrected chi connectivity index (χ3v) is 7.83. The predicted octanol–water partition coefficient (Wildman–Crippen LogP) is 4.79. The van der Waals surface area contributed by atoms with Gasteiger partial charge in [-0.05, 0) is 49.1 Å². The molecule has 4 aromatic rings. The molecule has 1 aliphatic carbocycles. The van der Waals surface area contributed by atoms with E-state index >= 15 is 0 Å². The van der Waals surface area contributed by atoms with Crippen LogP contribution in [0.2, 0.25) is 0 Å². The van der Waals surface area contributed by atoms with Crippen molar-refractivity contribution in [3.63, 3.8) is 0 Å². The maximum absolute atomic E-state index is 12.8. The topological polar surface area (TPSA) is 99.0 Å². The zero-order chi connectivity index (χ0) is 24.2. The first-order valence-electron chi connectivity index (χ1n) is 11.2. The molecule has 1 aliphatic rings. The van der Waals surface area contributed by atoms with E-state index in [4.69, 9.17) is 4.74 Å². The Kier molecular flexibility index (Phi) is 6.91. The Hall–Kier alpha value is -3.50. The number of carbonyl (C=O) groups is 2. The molecular formula is C25H23N5O3S2. The first-order chi connectivity index (χ1) is 17.2. The van der Waals surface area contributed by atoms with Crippen molar-refractivity contribution in [3.8, 4) is 17.1 Å². The summed E-state index contributed by atoms with van der Waals surface area (Å²) in [5, 5.41) is 13.0. The third kappa shape index (κ3) is 4.85. The molecule has 0 spiro atoms. The SMILES string of the molecule is COC(=O)c1c(NC(=O)CCSc2nnc(-c3cccnc3)n2-c2ccccc2)sc2c1CCC2. The molecule has 5 rings (SSSR count). The summed E-state index contributed by atoms with van der Waals surface area (Å²) in [6.45, 7) is 0. The predicted molar refractivity (Wildman–Crippen MR) is 136 cm³/mol. The van der Waals surface area contributed by atoms with Gasteiger partial charge in [-0.25, -0.2) is 4.79 Å². The van der Waals surface area contributed by atoms with E-state index in [2.05, 4.69) is 20.5 Å². The van der Waals surface area contributed by atoms with Gasteiger partial charge < -0.3 is 10.1 Å². The summed E-state index contributed by atoms with van der Waals surface area (Å²) in [7, 11) is 1.37. The average molecular weight is 506 g/mol. The van der Waals surface area contributed by atoms with E-state index in [1.54, 1.807) is 12.4 Å². The van der Waals surface area contributed by atoms with Crippen molar-refractivity contribution in [1.82, 2.24) is 19.7 Å². The van der Waals surface area contributed by atoms with Crippen LogP contribution in [0.3, 0.4) is 0 Å². The van der Waals surface area contributed by atoms with Gasteiger partial charge in [0.1, 0.15) is 5.00 Å². The van der Waals surface area contributed by atoms with Crippen LogP contribution < -0.4 is 5.32 Å². The van der Waals surface area contributed by atoms with Gasteiger partial charge in [0, 0.05) is 40.7 Å². The summed E-state index contributed by atoms with van der Waals surface area (Å²) >= 11 is 2.93. The minimum atomic E-state index is -0.395. The van der Waals surface area contributed by atoms with Crippen molar-refractivity contribution < 1.29 is 14.3 Å². The quantitative estimate of drug-likeness (QED) is 0.272. The number of esters is 1. The van der Waals surface area contributed by atoms with E-state index in [9.17, 15) is 9.59 Å². The second-order valence-electron chi connectivity index (χ2n) is 7.92. The van der Waals surface area contributed by atoms with Gasteiger partial charge in [-0.15, -0.1) is 21.5 Å². The number of methoxy groups -OCH3 is 1. The first-order valence-corrected chi connectivity index (χ1v) is 13.0. The molecule has 178 valence electrons. The summed E-state index contributed by atoms with van der Waals surface area (Å²) in [4.78, 5) is 30.4. The van der Waals surface area contributed by atoms with Gasteiger partial charge in [-0.2, -0.15) is 0 Å². The lowest BCUT2D eigenvalue weighted by Crippen LogP contribution is -2.15. The van der Waals surface area contributed by atoms with Crippen LogP contribution in [-0.4, -0.2) is 44.5 Å². The Morgan fingerprint density at radius 3 is 2.77 bits per heavy atom. The van der Waals surface area contributed by atoms with Gasteiger partial charge in [0.15, 0.2) is 11.0 Å². The fourth-order valence-electron chi connectivity index (χ4n) is 4.09. The lowest BCUT2D eigenvalue weighted by molar-refractivity contribution is -0.115. The Morgan fingerprint density at radius 1 is 1.14 bits per heavy atom. The molecule has 0 saturated heterocycles. The van der Waals surface area contributed by atoms with Crippen molar-refractivity contribution in [2.75, 3.05) is 18.2 Å². The molecule has 3 heterocycles. The van der Waals surface area contributed by atoms with Crippen LogP contribution in [0.4, 0.5) is 5.00 Å². The van der Waals surface area contributed by atoms with E-state index in [1.807, 2.05) is 47.0 Å². The Bertz CT molecular complexity index is 1350. The highest BCUT2D eigenvalue weighted by Crippen LogP contribution is 2.39. The van der Waals surface area contributed by atoms with Crippen LogP contribution >= 0.6 is 23.1 Å². The van der Waals surface area contributed by atoms with Crippen LogP contribution in [-0.2, 0) is 22.4 Å². The average Bonchev–Trinajstić information content (AvgIpc) is 3.59. The number of pyridine rings is 1. The molecule has 1 N–H and O–H groups in total. The molecule has 0 atom stereocenters.